The van der Waals surface area contributed by atoms with Crippen LogP contribution in [-0.2, 0) is 4.94 Å². The van der Waals surface area contributed by atoms with Crippen molar-refractivity contribution >= 4 is 0 Å². The van der Waals surface area contributed by atoms with Gasteiger partial charge >= 0.3 is 0 Å². The molecule has 0 aromatic carbocycles. The number of nitrogens with one attached hydrogen (secondary N) is 3. The zero-order chi connectivity index (χ0) is 8.20. The van der Waals surface area contributed by atoms with Crippen molar-refractivity contribution in [1.29, 1.82) is 0 Å². The van der Waals surface area contributed by atoms with Crippen molar-refractivity contribution in [1.82, 2.24) is 10.9 Å². The minimum Gasteiger partial charge on any atom is -0.596 e. The van der Waals surface area contributed by atoms with E-state index in [1.165, 1.54) is 7.05 Å². The lowest BCUT2D eigenvalue weighted by molar-refractivity contribution is -1.35. The molecule has 0 spiro atoms. The zero-order valence-corrected chi connectivity index (χ0v) is 6.76. The van der Waals surface area contributed by atoms with Gasteiger partial charge in [-0.25, -0.2) is 0 Å². The molecule has 1 atom stereocenters. The highest BCUT2D eigenvalue weighted by Crippen LogP contribution is 1.81. The monoisotopic (exact) mass is 151 g/mol. The third-order valence-electron chi connectivity index (χ3n) is 1.16. The van der Waals surface area contributed by atoms with Crippen LogP contribution in [0.5, 0.6) is 0 Å². The maximum absolute atomic E-state index is 10.5. The summed E-state index contributed by atoms with van der Waals surface area (Å²) in [5.74, 6) is 0. The number of nitrogens with zero attached hydrogens (tertiary/aromatic N) is 1. The van der Waals surface area contributed by atoms with E-state index in [1.54, 1.807) is 21.1 Å². The van der Waals surface area contributed by atoms with Crippen LogP contribution in [0.1, 0.15) is 0 Å². The summed E-state index contributed by atoms with van der Waals surface area (Å²) in [6, 6.07) is 0. The van der Waals surface area contributed by atoms with Gasteiger partial charge in [-0.05, 0) is 0 Å². The maximum Gasteiger partial charge on any atom is 0.144 e. The molecule has 0 saturated carbocycles. The highest BCUT2D eigenvalue weighted by Gasteiger charge is 2.22. The van der Waals surface area contributed by atoms with Gasteiger partial charge < -0.3 is 5.21 Å². The Labute approximate surface area is 60.4 Å². The van der Waals surface area contributed by atoms with Gasteiger partial charge in [0, 0.05) is 23.9 Å². The van der Waals surface area contributed by atoms with E-state index in [0.717, 1.165) is 0 Å². The quantitative estimate of drug-likeness (QED) is 0.308. The molecule has 0 heterocycles. The number of hydrogen-bond donors (Lipinski definition) is 3. The molecule has 0 aliphatic heterocycles. The predicted octanol–water partition coefficient (Wildman–Crippen LogP) is -2.44. The molecule has 0 aromatic heterocycles. The first-order valence-electron chi connectivity index (χ1n) is 2.99. The Morgan fingerprint density at radius 2 is 1.80 bits per heavy atom. The number of quaternary nitrogens is 2. The lowest BCUT2D eigenvalue weighted by Gasteiger charge is -2.27. The summed E-state index contributed by atoms with van der Waals surface area (Å²) in [7, 11) is 6.38. The second kappa shape index (κ2) is 3.81. The minimum absolute atomic E-state index is 0.130. The number of rotatable bonds is 4. The summed E-state index contributed by atoms with van der Waals surface area (Å²) in [5.41, 5.74) is 5.49. The number of hydroxylamine groups is 3. The lowest BCUT2D eigenvalue weighted by Crippen LogP contribution is -3.06. The van der Waals surface area contributed by atoms with Gasteiger partial charge in [0.05, 0.1) is 0 Å². The van der Waals surface area contributed by atoms with Crippen LogP contribution in [0.15, 0.2) is 0 Å². The normalized spacial score (nSPS) is 15.3. The zero-order valence-electron chi connectivity index (χ0n) is 6.76. The SMILES string of the molecule is CN[N+](C)(NC)O[NH+](C)[O-]. The molecule has 1 unspecified atom stereocenters. The van der Waals surface area contributed by atoms with E-state index in [9.17, 15) is 5.21 Å². The summed E-state index contributed by atoms with van der Waals surface area (Å²) in [5, 5.41) is 10.1. The van der Waals surface area contributed by atoms with Gasteiger partial charge in [-0.15, -0.1) is 10.9 Å². The van der Waals surface area contributed by atoms with Gasteiger partial charge in [0.25, 0.3) is 0 Å². The molecule has 6 nitrogen and oxygen atoms in total. The van der Waals surface area contributed by atoms with Crippen LogP contribution in [-0.4, -0.2) is 33.1 Å². The van der Waals surface area contributed by atoms with Crippen molar-refractivity contribution < 1.29 is 15.0 Å². The first-order chi connectivity index (χ1) is 4.54. The first-order valence-corrected chi connectivity index (χ1v) is 2.99. The van der Waals surface area contributed by atoms with Gasteiger partial charge in [0.15, 0.2) is 0 Å². The van der Waals surface area contributed by atoms with Crippen LogP contribution in [0.25, 0.3) is 0 Å². The molecule has 6 heteroatoms. The van der Waals surface area contributed by atoms with Gasteiger partial charge in [-0.3, -0.25) is 0 Å². The fraction of sp³-hybridized carbons (Fsp3) is 1.00. The lowest BCUT2D eigenvalue weighted by atomic mass is 11.2. The molecule has 0 rings (SSSR count). The van der Waals surface area contributed by atoms with E-state index < -0.39 is 0 Å². The predicted molar refractivity (Wildman–Crippen MR) is 35.6 cm³/mol. The fourth-order valence-corrected chi connectivity index (χ4v) is 0.460. The summed E-state index contributed by atoms with van der Waals surface area (Å²) >= 11 is 0. The van der Waals surface area contributed by atoms with Crippen molar-refractivity contribution in [2.24, 2.45) is 0 Å². The average molecular weight is 151 g/mol. The molecular formula is C4H15N4O2+. The Kier molecular flexibility index (Phi) is 3.72. The molecule has 62 valence electrons. The maximum atomic E-state index is 10.5. The van der Waals surface area contributed by atoms with Crippen LogP contribution >= 0.6 is 0 Å². The molecule has 0 aliphatic rings. The van der Waals surface area contributed by atoms with E-state index in [-0.39, 0.29) is 10.1 Å². The van der Waals surface area contributed by atoms with Crippen molar-refractivity contribution in [2.75, 3.05) is 28.2 Å². The van der Waals surface area contributed by atoms with E-state index in [0.29, 0.717) is 0 Å². The van der Waals surface area contributed by atoms with Crippen LogP contribution in [0.4, 0.5) is 0 Å². The molecular weight excluding hydrogens is 136 g/mol. The molecule has 0 aliphatic carbocycles. The highest BCUT2D eigenvalue weighted by atomic mass is 17.0. The number of hydrogen-bond acceptors (Lipinski definition) is 4. The second-order valence-corrected chi connectivity index (χ2v) is 1.95. The molecule has 0 radical (unpaired) electrons. The Morgan fingerprint density at radius 3 is 1.90 bits per heavy atom. The summed E-state index contributed by atoms with van der Waals surface area (Å²) < 4.78 is 0. The van der Waals surface area contributed by atoms with Crippen LogP contribution in [0.2, 0.25) is 0 Å². The molecule has 10 heavy (non-hydrogen) atoms. The Morgan fingerprint density at radius 1 is 1.40 bits per heavy atom. The molecule has 0 fully saturated rings. The third kappa shape index (κ3) is 3.06. The summed E-state index contributed by atoms with van der Waals surface area (Å²) in [4.78, 5) is 4.68. The van der Waals surface area contributed by atoms with Crippen molar-refractivity contribution in [3.8, 4) is 0 Å². The highest BCUT2D eigenvalue weighted by molar-refractivity contribution is 3.92. The van der Waals surface area contributed by atoms with E-state index in [2.05, 4.69) is 10.9 Å². The second-order valence-electron chi connectivity index (χ2n) is 1.95. The van der Waals surface area contributed by atoms with E-state index in [1.807, 2.05) is 0 Å². The Hall–Kier alpha value is -0.240. The molecule has 0 aromatic rings. The van der Waals surface area contributed by atoms with E-state index in [4.69, 9.17) is 4.94 Å². The van der Waals surface area contributed by atoms with E-state index >= 15 is 0 Å². The summed E-state index contributed by atoms with van der Waals surface area (Å²) in [6.07, 6.45) is 0. The van der Waals surface area contributed by atoms with Crippen LogP contribution < -0.4 is 16.1 Å². The van der Waals surface area contributed by atoms with Crippen molar-refractivity contribution in [2.45, 2.75) is 0 Å². The third-order valence-corrected chi connectivity index (χ3v) is 1.16. The van der Waals surface area contributed by atoms with Gasteiger partial charge in [-0.2, -0.15) is 5.23 Å². The van der Waals surface area contributed by atoms with Crippen LogP contribution in [0, 0.1) is 5.21 Å². The van der Waals surface area contributed by atoms with Crippen molar-refractivity contribution in [3.05, 3.63) is 5.21 Å². The van der Waals surface area contributed by atoms with Gasteiger partial charge in [0.2, 0.25) is 0 Å². The standard InChI is InChI=1S/C4H15N4O2/c1-5-8(4,6-2)10-7(3)9/h5-7H,1-4H3/q+1. The smallest absolute Gasteiger partial charge is 0.144 e. The molecule has 0 bridgehead atoms. The topological polar surface area (TPSA) is 60.8 Å². The average Bonchev–Trinajstić information content (AvgIpc) is 1.87. The van der Waals surface area contributed by atoms with Crippen molar-refractivity contribution in [3.63, 3.8) is 0 Å². The Bertz CT molecular complexity index is 93.3. The van der Waals surface area contributed by atoms with Crippen LogP contribution in [0.3, 0.4) is 0 Å². The van der Waals surface area contributed by atoms with Gasteiger partial charge in [-0.1, -0.05) is 0 Å². The van der Waals surface area contributed by atoms with Gasteiger partial charge in [0.1, 0.15) is 14.1 Å². The largest absolute Gasteiger partial charge is 0.596 e. The fourth-order valence-electron chi connectivity index (χ4n) is 0.460. The molecule has 3 N–H and O–H groups in total. The minimum atomic E-state index is -0.341. The Balaban J connectivity index is 3.80. The first kappa shape index (κ1) is 9.76. The summed E-state index contributed by atoms with van der Waals surface area (Å²) in [6.45, 7) is 0. The molecule has 0 saturated heterocycles. The molecule has 0 amide bonds.